The van der Waals surface area contributed by atoms with Crippen LogP contribution in [0.5, 0.6) is 17.6 Å². The zero-order valence-corrected chi connectivity index (χ0v) is 23.6. The van der Waals surface area contributed by atoms with Gasteiger partial charge in [0.2, 0.25) is 5.88 Å². The molecule has 2 N–H and O–H groups in total. The maximum absolute atomic E-state index is 16.7. The molecule has 3 saturated heterocycles. The van der Waals surface area contributed by atoms with Crippen molar-refractivity contribution >= 4 is 39.1 Å². The Kier molecular flexibility index (Phi) is 6.06. The molecule has 0 spiro atoms. The van der Waals surface area contributed by atoms with Gasteiger partial charge in [0.05, 0.1) is 16.6 Å². The number of phenols is 1. The molecule has 3 fully saturated rings. The Morgan fingerprint density at radius 3 is 2.76 bits per heavy atom. The molecular weight excluding hydrogens is 566 g/mol. The van der Waals surface area contributed by atoms with Gasteiger partial charge in [-0.2, -0.15) is 9.97 Å². The second-order valence-corrected chi connectivity index (χ2v) is 12.0. The summed E-state index contributed by atoms with van der Waals surface area (Å²) in [5, 5.41) is 14.7. The van der Waals surface area contributed by atoms with Gasteiger partial charge in [0.25, 0.3) is 0 Å². The number of aromatic nitrogens is 3. The van der Waals surface area contributed by atoms with E-state index in [1.807, 2.05) is 0 Å². The molecule has 0 amide bonds. The first kappa shape index (κ1) is 26.1. The molecule has 4 aromatic rings. The van der Waals surface area contributed by atoms with E-state index in [-0.39, 0.29) is 56.4 Å². The number of hydrogen-bond donors (Lipinski definition) is 2. The standard InChI is InChI=1S/C30H29ClF2N6O3/c31-23-20(32)4-3-16-11-18(40)12-19(21(16)23)25-24(33)26-22-27(39-10-7-34-13-17(39)14-41-28(22)35-25)37-29(36-26)42-15-30-5-1-8-38(30)9-2-6-30/h3-4,11-12,17,34,40H,1-2,5-10,13-15H2/t17-/m0/s1. The number of aromatic hydroxyl groups is 1. The molecule has 0 radical (unpaired) electrons. The number of piperazine rings is 1. The molecule has 12 heteroatoms. The number of hydrogen-bond acceptors (Lipinski definition) is 9. The lowest BCUT2D eigenvalue weighted by atomic mass is 9.95. The summed E-state index contributed by atoms with van der Waals surface area (Å²) in [5.74, 6) is -0.876. The van der Waals surface area contributed by atoms with Crippen molar-refractivity contribution in [2.45, 2.75) is 37.3 Å². The lowest BCUT2D eigenvalue weighted by molar-refractivity contribution is 0.108. The third kappa shape index (κ3) is 3.97. The van der Waals surface area contributed by atoms with Crippen LogP contribution in [0.15, 0.2) is 24.3 Å². The second kappa shape index (κ2) is 9.75. The summed E-state index contributed by atoms with van der Waals surface area (Å²) in [6, 6.07) is 5.50. The highest BCUT2D eigenvalue weighted by Gasteiger charge is 2.45. The molecule has 8 rings (SSSR count). The van der Waals surface area contributed by atoms with Crippen LogP contribution < -0.4 is 19.7 Å². The Balaban J connectivity index is 1.33. The fourth-order valence-corrected chi connectivity index (χ4v) is 7.52. The number of pyridine rings is 1. The van der Waals surface area contributed by atoms with Crippen LogP contribution in [0.1, 0.15) is 25.7 Å². The molecular formula is C30H29ClF2N6O3. The van der Waals surface area contributed by atoms with Gasteiger partial charge in [0.1, 0.15) is 47.2 Å². The number of ether oxygens (including phenoxy) is 2. The van der Waals surface area contributed by atoms with E-state index in [9.17, 15) is 9.50 Å². The van der Waals surface area contributed by atoms with Gasteiger partial charge in [-0.3, -0.25) is 4.90 Å². The summed E-state index contributed by atoms with van der Waals surface area (Å²) in [6.07, 6.45) is 4.35. The number of nitrogens with one attached hydrogen (secondary N) is 1. The molecule has 4 aliphatic rings. The van der Waals surface area contributed by atoms with Crippen molar-refractivity contribution < 1.29 is 23.4 Å². The number of rotatable bonds is 4. The van der Waals surface area contributed by atoms with Crippen molar-refractivity contribution in [3.05, 3.63) is 40.9 Å². The third-order valence-corrected chi connectivity index (χ3v) is 9.64. The van der Waals surface area contributed by atoms with Crippen LogP contribution in [-0.2, 0) is 0 Å². The molecule has 0 bridgehead atoms. The first-order chi connectivity index (χ1) is 20.4. The molecule has 42 heavy (non-hydrogen) atoms. The van der Waals surface area contributed by atoms with E-state index in [0.717, 1.165) is 45.3 Å². The fraction of sp³-hybridized carbons (Fsp3) is 0.433. The van der Waals surface area contributed by atoms with E-state index in [4.69, 9.17) is 26.1 Å². The first-order valence-electron chi connectivity index (χ1n) is 14.4. The van der Waals surface area contributed by atoms with Gasteiger partial charge in [0.15, 0.2) is 5.82 Å². The minimum absolute atomic E-state index is 0.00889. The van der Waals surface area contributed by atoms with Crippen LogP contribution in [0.2, 0.25) is 5.02 Å². The van der Waals surface area contributed by atoms with Crippen LogP contribution >= 0.6 is 11.6 Å². The SMILES string of the molecule is Oc1cc(-c2nc3c4c(nc(OCC56CCCN5CCC6)nc4c2F)N2CCNC[C@H]2CO3)c2c(Cl)c(F)ccc2c1. The average molecular weight is 595 g/mol. The topological polar surface area (TPSA) is 95.9 Å². The van der Waals surface area contributed by atoms with E-state index in [1.165, 1.54) is 24.3 Å². The summed E-state index contributed by atoms with van der Waals surface area (Å²) in [5.41, 5.74) is -0.0747. The molecule has 0 aliphatic carbocycles. The number of phenolic OH excluding ortho intramolecular Hbond substituents is 1. The monoisotopic (exact) mass is 594 g/mol. The van der Waals surface area contributed by atoms with Gasteiger partial charge < -0.3 is 24.8 Å². The van der Waals surface area contributed by atoms with Gasteiger partial charge >= 0.3 is 6.01 Å². The fourth-order valence-electron chi connectivity index (χ4n) is 7.25. The van der Waals surface area contributed by atoms with Crippen LogP contribution in [0.3, 0.4) is 0 Å². The lowest BCUT2D eigenvalue weighted by Crippen LogP contribution is -2.53. The third-order valence-electron chi connectivity index (χ3n) is 9.28. The summed E-state index contributed by atoms with van der Waals surface area (Å²) < 4.78 is 43.8. The van der Waals surface area contributed by atoms with Crippen molar-refractivity contribution in [1.29, 1.82) is 0 Å². The Morgan fingerprint density at radius 1 is 1.10 bits per heavy atom. The number of benzene rings is 2. The molecule has 2 aromatic carbocycles. The quantitative estimate of drug-likeness (QED) is 0.350. The Labute approximate surface area is 245 Å². The van der Waals surface area contributed by atoms with E-state index in [2.05, 4.69) is 25.1 Å². The van der Waals surface area contributed by atoms with E-state index in [0.29, 0.717) is 42.9 Å². The molecule has 9 nitrogen and oxygen atoms in total. The predicted molar refractivity (Wildman–Crippen MR) is 155 cm³/mol. The maximum Gasteiger partial charge on any atom is 0.319 e. The minimum Gasteiger partial charge on any atom is -0.508 e. The molecule has 1 atom stereocenters. The van der Waals surface area contributed by atoms with Crippen LogP contribution in [-0.4, -0.2) is 82.5 Å². The van der Waals surface area contributed by atoms with Crippen molar-refractivity contribution in [2.75, 3.05) is 50.8 Å². The highest BCUT2D eigenvalue weighted by molar-refractivity contribution is 6.37. The largest absolute Gasteiger partial charge is 0.508 e. The summed E-state index contributed by atoms with van der Waals surface area (Å²) in [7, 11) is 0. The maximum atomic E-state index is 16.7. The smallest absolute Gasteiger partial charge is 0.319 e. The molecule has 6 heterocycles. The summed E-state index contributed by atoms with van der Waals surface area (Å²) in [4.78, 5) is 18.6. The zero-order chi connectivity index (χ0) is 28.6. The number of halogens is 3. The van der Waals surface area contributed by atoms with Crippen LogP contribution in [0.25, 0.3) is 32.9 Å². The molecule has 2 aromatic heterocycles. The summed E-state index contributed by atoms with van der Waals surface area (Å²) >= 11 is 6.39. The van der Waals surface area contributed by atoms with Gasteiger partial charge in [-0.15, -0.1) is 0 Å². The number of nitrogens with zero attached hydrogens (tertiary/aromatic N) is 5. The highest BCUT2D eigenvalue weighted by Crippen LogP contribution is 2.44. The summed E-state index contributed by atoms with van der Waals surface area (Å²) in [6.45, 7) is 4.88. The number of anilines is 1. The highest BCUT2D eigenvalue weighted by atomic mass is 35.5. The molecule has 0 unspecified atom stereocenters. The van der Waals surface area contributed by atoms with Crippen LogP contribution in [0.4, 0.5) is 14.6 Å². The average Bonchev–Trinajstić information content (AvgIpc) is 3.53. The van der Waals surface area contributed by atoms with Crippen molar-refractivity contribution in [3.63, 3.8) is 0 Å². The normalized spacial score (nSPS) is 21.3. The Hall–Kier alpha value is -3.54. The first-order valence-corrected chi connectivity index (χ1v) is 14.8. The predicted octanol–water partition coefficient (Wildman–Crippen LogP) is 4.66. The van der Waals surface area contributed by atoms with Crippen molar-refractivity contribution in [1.82, 2.24) is 25.2 Å². The van der Waals surface area contributed by atoms with Gasteiger partial charge in [-0.25, -0.2) is 13.8 Å². The Bertz CT molecular complexity index is 1750. The van der Waals surface area contributed by atoms with Crippen LogP contribution in [0, 0.1) is 11.6 Å². The second-order valence-electron chi connectivity index (χ2n) is 11.7. The van der Waals surface area contributed by atoms with Crippen molar-refractivity contribution in [2.24, 2.45) is 0 Å². The number of fused-ring (bicyclic) bond motifs is 4. The van der Waals surface area contributed by atoms with Gasteiger partial charge in [0, 0.05) is 30.6 Å². The molecule has 218 valence electrons. The van der Waals surface area contributed by atoms with E-state index >= 15 is 4.39 Å². The minimum atomic E-state index is -0.756. The lowest BCUT2D eigenvalue weighted by Gasteiger charge is -2.35. The molecule has 4 aliphatic heterocycles. The van der Waals surface area contributed by atoms with E-state index in [1.54, 1.807) is 0 Å². The van der Waals surface area contributed by atoms with Crippen molar-refractivity contribution in [3.8, 4) is 28.9 Å². The van der Waals surface area contributed by atoms with Gasteiger partial charge in [-0.1, -0.05) is 17.7 Å². The molecule has 0 saturated carbocycles. The van der Waals surface area contributed by atoms with Gasteiger partial charge in [-0.05, 0) is 62.4 Å². The Morgan fingerprint density at radius 2 is 1.93 bits per heavy atom. The zero-order valence-electron chi connectivity index (χ0n) is 22.8. The van der Waals surface area contributed by atoms with E-state index < -0.39 is 11.6 Å².